The number of benzene rings is 2. The van der Waals surface area contributed by atoms with Crippen LogP contribution >= 0.6 is 15.9 Å². The highest BCUT2D eigenvalue weighted by atomic mass is 79.9. The standard InChI is InChI=1S/C17H14BrNO2/c18-14-5-1-11(2-6-14)9-16(20)13-4-3-12-7-8-19-17(21)15(12)10-13/h1-6,10H,7-9H2,(H,19,21). The number of nitrogens with one attached hydrogen (secondary N) is 1. The molecule has 4 heteroatoms. The summed E-state index contributed by atoms with van der Waals surface area (Å²) in [7, 11) is 0. The number of ketones is 1. The number of hydrogen-bond acceptors (Lipinski definition) is 2. The van der Waals surface area contributed by atoms with Crippen molar-refractivity contribution in [1.29, 1.82) is 0 Å². The van der Waals surface area contributed by atoms with Gasteiger partial charge in [-0.25, -0.2) is 0 Å². The van der Waals surface area contributed by atoms with E-state index in [0.29, 0.717) is 24.1 Å². The summed E-state index contributed by atoms with van der Waals surface area (Å²) in [5, 5.41) is 2.80. The number of carbonyl (C=O) groups is 2. The molecule has 0 unspecified atom stereocenters. The van der Waals surface area contributed by atoms with E-state index in [1.165, 1.54) is 0 Å². The third-order valence-corrected chi connectivity index (χ3v) is 4.16. The van der Waals surface area contributed by atoms with Crippen molar-refractivity contribution in [3.63, 3.8) is 0 Å². The van der Waals surface area contributed by atoms with Gasteiger partial charge in [-0.15, -0.1) is 0 Å². The summed E-state index contributed by atoms with van der Waals surface area (Å²) in [5.74, 6) is -0.0620. The normalized spacial score (nSPS) is 13.5. The second-order valence-corrected chi connectivity index (χ2v) is 6.02. The van der Waals surface area contributed by atoms with Crippen LogP contribution in [-0.2, 0) is 12.8 Å². The Bertz CT molecular complexity index is 707. The highest BCUT2D eigenvalue weighted by Gasteiger charge is 2.18. The van der Waals surface area contributed by atoms with E-state index in [2.05, 4.69) is 21.2 Å². The molecule has 106 valence electrons. The minimum atomic E-state index is -0.0884. The molecule has 1 aliphatic heterocycles. The first-order valence-electron chi connectivity index (χ1n) is 6.82. The zero-order valence-electron chi connectivity index (χ0n) is 11.4. The Morgan fingerprint density at radius 2 is 1.90 bits per heavy atom. The Balaban J connectivity index is 1.83. The SMILES string of the molecule is O=C(Cc1ccc(Br)cc1)c1ccc2c(c1)C(=O)NCC2. The molecule has 2 aromatic rings. The molecule has 3 nitrogen and oxygen atoms in total. The molecular formula is C17H14BrNO2. The van der Waals surface area contributed by atoms with E-state index in [9.17, 15) is 9.59 Å². The molecule has 0 saturated carbocycles. The van der Waals surface area contributed by atoms with Gasteiger partial charge in [0.2, 0.25) is 0 Å². The van der Waals surface area contributed by atoms with Gasteiger partial charge >= 0.3 is 0 Å². The van der Waals surface area contributed by atoms with Gasteiger partial charge in [0, 0.05) is 28.6 Å². The van der Waals surface area contributed by atoms with Crippen LogP contribution in [0.5, 0.6) is 0 Å². The molecule has 1 aliphatic rings. The van der Waals surface area contributed by atoms with Crippen LogP contribution < -0.4 is 5.32 Å². The molecule has 1 N–H and O–H groups in total. The van der Waals surface area contributed by atoms with Crippen LogP contribution in [0, 0.1) is 0 Å². The van der Waals surface area contributed by atoms with Gasteiger partial charge < -0.3 is 5.32 Å². The largest absolute Gasteiger partial charge is 0.352 e. The maximum absolute atomic E-state index is 12.3. The highest BCUT2D eigenvalue weighted by molar-refractivity contribution is 9.10. The van der Waals surface area contributed by atoms with Crippen molar-refractivity contribution in [3.05, 3.63) is 69.2 Å². The quantitative estimate of drug-likeness (QED) is 0.870. The molecule has 1 heterocycles. The Kier molecular flexibility index (Phi) is 3.88. The van der Waals surface area contributed by atoms with Gasteiger partial charge in [0.25, 0.3) is 5.91 Å². The van der Waals surface area contributed by atoms with Crippen LogP contribution in [0.25, 0.3) is 0 Å². The molecule has 0 atom stereocenters. The molecule has 2 aromatic carbocycles. The van der Waals surface area contributed by atoms with E-state index >= 15 is 0 Å². The van der Waals surface area contributed by atoms with E-state index in [-0.39, 0.29) is 11.7 Å². The number of halogens is 1. The Morgan fingerprint density at radius 1 is 1.14 bits per heavy atom. The molecular weight excluding hydrogens is 330 g/mol. The van der Waals surface area contributed by atoms with Gasteiger partial charge in [0.1, 0.15) is 0 Å². The lowest BCUT2D eigenvalue weighted by atomic mass is 9.95. The summed E-state index contributed by atoms with van der Waals surface area (Å²) in [5.41, 5.74) is 3.20. The van der Waals surface area contributed by atoms with Crippen molar-refractivity contribution in [2.75, 3.05) is 6.54 Å². The Hall–Kier alpha value is -1.94. The lowest BCUT2D eigenvalue weighted by Crippen LogP contribution is -2.32. The molecule has 0 aromatic heterocycles. The Morgan fingerprint density at radius 3 is 2.67 bits per heavy atom. The highest BCUT2D eigenvalue weighted by Crippen LogP contribution is 2.18. The summed E-state index contributed by atoms with van der Waals surface area (Å²) >= 11 is 3.37. The fraction of sp³-hybridized carbons (Fsp3) is 0.176. The van der Waals surface area contributed by atoms with Crippen molar-refractivity contribution < 1.29 is 9.59 Å². The maximum Gasteiger partial charge on any atom is 0.251 e. The Labute approximate surface area is 131 Å². The van der Waals surface area contributed by atoms with Crippen molar-refractivity contribution >= 4 is 27.6 Å². The summed E-state index contributed by atoms with van der Waals surface area (Å²) in [6, 6.07) is 13.1. The van der Waals surface area contributed by atoms with Gasteiger partial charge in [-0.2, -0.15) is 0 Å². The fourth-order valence-corrected chi connectivity index (χ4v) is 2.74. The van der Waals surface area contributed by atoms with Crippen molar-refractivity contribution in [1.82, 2.24) is 5.32 Å². The number of carbonyl (C=O) groups excluding carboxylic acids is 2. The van der Waals surface area contributed by atoms with Gasteiger partial charge in [0.05, 0.1) is 0 Å². The van der Waals surface area contributed by atoms with Crippen LogP contribution in [0.15, 0.2) is 46.9 Å². The first-order valence-corrected chi connectivity index (χ1v) is 7.61. The monoisotopic (exact) mass is 343 g/mol. The minimum absolute atomic E-state index is 0.0264. The second-order valence-electron chi connectivity index (χ2n) is 5.10. The molecule has 21 heavy (non-hydrogen) atoms. The van der Waals surface area contributed by atoms with Crippen LogP contribution in [-0.4, -0.2) is 18.2 Å². The molecule has 0 saturated heterocycles. The molecule has 0 aliphatic carbocycles. The lowest BCUT2D eigenvalue weighted by Gasteiger charge is -2.16. The molecule has 0 spiro atoms. The zero-order chi connectivity index (χ0) is 14.8. The van der Waals surface area contributed by atoms with E-state index in [1.54, 1.807) is 6.07 Å². The first kappa shape index (κ1) is 14.0. The third-order valence-electron chi connectivity index (χ3n) is 3.63. The molecule has 0 fully saturated rings. The number of fused-ring (bicyclic) bond motifs is 1. The minimum Gasteiger partial charge on any atom is -0.352 e. The number of Topliss-reactive ketones (excluding diaryl/α,β-unsaturated/α-hetero) is 1. The number of hydrogen-bond donors (Lipinski definition) is 1. The third kappa shape index (κ3) is 3.05. The van der Waals surface area contributed by atoms with Crippen molar-refractivity contribution in [2.45, 2.75) is 12.8 Å². The molecule has 3 rings (SSSR count). The molecule has 0 bridgehead atoms. The average Bonchev–Trinajstić information content (AvgIpc) is 2.50. The van der Waals surface area contributed by atoms with Gasteiger partial charge in [-0.3, -0.25) is 9.59 Å². The van der Waals surface area contributed by atoms with Crippen LogP contribution in [0.3, 0.4) is 0 Å². The molecule has 0 radical (unpaired) electrons. The number of rotatable bonds is 3. The van der Waals surface area contributed by atoms with E-state index < -0.39 is 0 Å². The zero-order valence-corrected chi connectivity index (χ0v) is 12.9. The summed E-state index contributed by atoms with van der Waals surface area (Å²) < 4.78 is 0.990. The van der Waals surface area contributed by atoms with Gasteiger partial charge in [-0.05, 0) is 35.7 Å². The lowest BCUT2D eigenvalue weighted by molar-refractivity contribution is 0.0946. The van der Waals surface area contributed by atoms with Gasteiger partial charge in [0.15, 0.2) is 5.78 Å². The van der Waals surface area contributed by atoms with E-state index in [4.69, 9.17) is 0 Å². The fourth-order valence-electron chi connectivity index (χ4n) is 2.47. The van der Waals surface area contributed by atoms with E-state index in [1.807, 2.05) is 36.4 Å². The molecule has 1 amide bonds. The van der Waals surface area contributed by atoms with Crippen LogP contribution in [0.2, 0.25) is 0 Å². The predicted octanol–water partition coefficient (Wildman–Crippen LogP) is 3.16. The average molecular weight is 344 g/mol. The van der Waals surface area contributed by atoms with Crippen LogP contribution in [0.1, 0.15) is 31.8 Å². The first-order chi connectivity index (χ1) is 10.1. The maximum atomic E-state index is 12.3. The predicted molar refractivity (Wildman–Crippen MR) is 84.7 cm³/mol. The summed E-state index contributed by atoms with van der Waals surface area (Å²) in [6.45, 7) is 0.665. The van der Waals surface area contributed by atoms with Crippen molar-refractivity contribution in [3.8, 4) is 0 Å². The smallest absolute Gasteiger partial charge is 0.251 e. The summed E-state index contributed by atoms with van der Waals surface area (Å²) in [4.78, 5) is 24.2. The number of amides is 1. The topological polar surface area (TPSA) is 46.2 Å². The second kappa shape index (κ2) is 5.82. The van der Waals surface area contributed by atoms with Crippen molar-refractivity contribution in [2.24, 2.45) is 0 Å². The van der Waals surface area contributed by atoms with Crippen LogP contribution in [0.4, 0.5) is 0 Å². The van der Waals surface area contributed by atoms with E-state index in [0.717, 1.165) is 22.0 Å². The summed E-state index contributed by atoms with van der Waals surface area (Å²) in [6.07, 6.45) is 1.16. The van der Waals surface area contributed by atoms with Gasteiger partial charge in [-0.1, -0.05) is 40.2 Å².